The molecule has 0 aliphatic rings. The quantitative estimate of drug-likeness (QED) is 0.330. The van der Waals surface area contributed by atoms with Crippen LogP contribution in [0.1, 0.15) is 52.5 Å². The van der Waals surface area contributed by atoms with Crippen LogP contribution in [0.25, 0.3) is 11.2 Å². The maximum absolute atomic E-state index is 10.4. The maximum atomic E-state index is 10.4. The van der Waals surface area contributed by atoms with Gasteiger partial charge in [0.2, 0.25) is 5.95 Å². The van der Waals surface area contributed by atoms with Crippen molar-refractivity contribution in [2.75, 3.05) is 17.7 Å². The van der Waals surface area contributed by atoms with E-state index in [0.717, 1.165) is 31.5 Å². The lowest BCUT2D eigenvalue weighted by Gasteiger charge is -2.26. The van der Waals surface area contributed by atoms with E-state index in [2.05, 4.69) is 32.5 Å². The van der Waals surface area contributed by atoms with Gasteiger partial charge in [-0.15, -0.1) is 0 Å². The number of aliphatic hydroxyl groups is 1. The number of para-hydroxylation sites is 1. The summed E-state index contributed by atoms with van der Waals surface area (Å²) in [6.07, 6.45) is 5.09. The predicted octanol–water partition coefficient (Wildman–Crippen LogP) is 3.91. The molecular formula is C23H34N6O3. The lowest BCUT2D eigenvalue weighted by atomic mass is 10.0. The van der Waals surface area contributed by atoms with Crippen molar-refractivity contribution in [2.24, 2.45) is 0 Å². The molecule has 3 rings (SSSR count). The summed E-state index contributed by atoms with van der Waals surface area (Å²) in [4.78, 5) is 13.8. The summed E-state index contributed by atoms with van der Waals surface area (Å²) in [5, 5.41) is 27.2. The topological polar surface area (TPSA) is 117 Å². The highest BCUT2D eigenvalue weighted by atomic mass is 16.5. The molecule has 3 aromatic rings. The molecule has 0 aliphatic heterocycles. The Bertz CT molecular complexity index is 1040. The third-order valence-corrected chi connectivity index (χ3v) is 5.62. The minimum Gasteiger partial charge on any atom is -0.504 e. The van der Waals surface area contributed by atoms with Crippen LogP contribution < -0.4 is 15.4 Å². The second-order valence-electron chi connectivity index (χ2n) is 8.55. The molecule has 0 spiro atoms. The molecule has 1 aromatic carbocycles. The highest BCUT2D eigenvalue weighted by Gasteiger charge is 2.24. The number of aromatic nitrogens is 4. The number of anilines is 2. The molecule has 174 valence electrons. The van der Waals surface area contributed by atoms with Crippen molar-refractivity contribution < 1.29 is 14.9 Å². The Morgan fingerprint density at radius 3 is 2.69 bits per heavy atom. The molecule has 0 saturated carbocycles. The molecule has 2 heterocycles. The Balaban J connectivity index is 1.94. The van der Waals surface area contributed by atoms with E-state index in [1.807, 2.05) is 23.6 Å². The normalized spacial score (nSPS) is 12.7. The number of ether oxygens (including phenoxy) is 1. The summed E-state index contributed by atoms with van der Waals surface area (Å²) in [6, 6.07) is 5.08. The molecule has 2 aromatic heterocycles. The Morgan fingerprint density at radius 2 is 2.00 bits per heavy atom. The lowest BCUT2D eigenvalue weighted by Crippen LogP contribution is -2.39. The highest BCUT2D eigenvalue weighted by molar-refractivity contribution is 5.84. The van der Waals surface area contributed by atoms with Crippen molar-refractivity contribution in [2.45, 2.75) is 71.7 Å². The molecule has 0 saturated heterocycles. The smallest absolute Gasteiger partial charge is 0.227 e. The monoisotopic (exact) mass is 442 g/mol. The summed E-state index contributed by atoms with van der Waals surface area (Å²) in [5.41, 5.74) is 1.11. The van der Waals surface area contributed by atoms with E-state index in [-0.39, 0.29) is 11.8 Å². The number of phenolic OH excluding ortho intramolecular Hbond substituents is 1. The second-order valence-corrected chi connectivity index (χ2v) is 8.55. The first-order chi connectivity index (χ1) is 15.2. The number of methoxy groups -OCH3 is 1. The molecule has 0 bridgehead atoms. The van der Waals surface area contributed by atoms with E-state index < -0.39 is 5.60 Å². The summed E-state index contributed by atoms with van der Waals surface area (Å²) in [5.74, 6) is 1.46. The fourth-order valence-corrected chi connectivity index (χ4v) is 3.25. The average molecular weight is 443 g/mol. The van der Waals surface area contributed by atoms with Crippen molar-refractivity contribution in [1.82, 2.24) is 19.5 Å². The van der Waals surface area contributed by atoms with Crippen LogP contribution in [0.2, 0.25) is 0 Å². The van der Waals surface area contributed by atoms with Crippen molar-refractivity contribution in [3.8, 4) is 11.5 Å². The first-order valence-corrected chi connectivity index (χ1v) is 11.0. The van der Waals surface area contributed by atoms with Crippen molar-refractivity contribution in [1.29, 1.82) is 0 Å². The van der Waals surface area contributed by atoms with Gasteiger partial charge in [0.05, 0.1) is 25.1 Å². The zero-order chi connectivity index (χ0) is 23.3. The number of benzene rings is 1. The number of aromatic hydroxyl groups is 1. The van der Waals surface area contributed by atoms with E-state index in [4.69, 9.17) is 4.74 Å². The fraction of sp³-hybridized carbons (Fsp3) is 0.522. The Kier molecular flexibility index (Phi) is 7.40. The number of phenols is 1. The SMILES string of the molecule is CCCCCn1cnc2c(NCc3cccc(OC)c3O)nc(NC(C)C(C)(C)O)nc21. The standard InChI is InChI=1S/C23H34N6O3/c1-6-7-8-12-29-14-25-18-20(24-13-16-10-9-11-17(32-5)19(16)30)27-22(28-21(18)29)26-15(2)23(3,4)31/h9-11,14-15,30-31H,6-8,12-13H2,1-5H3,(H2,24,26,27,28). The molecule has 32 heavy (non-hydrogen) atoms. The fourth-order valence-electron chi connectivity index (χ4n) is 3.25. The minimum absolute atomic E-state index is 0.0897. The molecule has 4 N–H and O–H groups in total. The molecular weight excluding hydrogens is 408 g/mol. The lowest BCUT2D eigenvalue weighted by molar-refractivity contribution is 0.0646. The van der Waals surface area contributed by atoms with E-state index in [1.165, 1.54) is 7.11 Å². The zero-order valence-electron chi connectivity index (χ0n) is 19.5. The third-order valence-electron chi connectivity index (χ3n) is 5.62. The molecule has 9 nitrogen and oxygen atoms in total. The Hall–Kier alpha value is -3.07. The molecule has 1 atom stereocenters. The van der Waals surface area contributed by atoms with Gasteiger partial charge in [-0.3, -0.25) is 0 Å². The third kappa shape index (κ3) is 5.40. The Morgan fingerprint density at radius 1 is 1.22 bits per heavy atom. The summed E-state index contributed by atoms with van der Waals surface area (Å²) < 4.78 is 7.23. The van der Waals surface area contributed by atoms with Crippen LogP contribution in [0.4, 0.5) is 11.8 Å². The van der Waals surface area contributed by atoms with Gasteiger partial charge in [0.25, 0.3) is 0 Å². The van der Waals surface area contributed by atoms with Crippen molar-refractivity contribution in [3.63, 3.8) is 0 Å². The maximum Gasteiger partial charge on any atom is 0.227 e. The van der Waals surface area contributed by atoms with Gasteiger partial charge in [0.15, 0.2) is 28.5 Å². The summed E-state index contributed by atoms with van der Waals surface area (Å²) in [7, 11) is 1.52. The largest absolute Gasteiger partial charge is 0.504 e. The average Bonchev–Trinajstić information content (AvgIpc) is 3.15. The van der Waals surface area contributed by atoms with Gasteiger partial charge in [0, 0.05) is 18.7 Å². The number of hydrogen-bond donors (Lipinski definition) is 4. The van der Waals surface area contributed by atoms with Crippen molar-refractivity contribution in [3.05, 3.63) is 30.1 Å². The molecule has 0 radical (unpaired) electrons. The van der Waals surface area contributed by atoms with Gasteiger partial charge in [0.1, 0.15) is 0 Å². The number of aryl methyl sites for hydroxylation is 1. The first-order valence-electron chi connectivity index (χ1n) is 11.0. The zero-order valence-corrected chi connectivity index (χ0v) is 19.5. The van der Waals surface area contributed by atoms with Crippen LogP contribution in [-0.2, 0) is 13.1 Å². The van der Waals surface area contributed by atoms with Crippen LogP contribution in [0.3, 0.4) is 0 Å². The van der Waals surface area contributed by atoms with Gasteiger partial charge in [-0.1, -0.05) is 31.9 Å². The van der Waals surface area contributed by atoms with Crippen LogP contribution in [-0.4, -0.2) is 48.5 Å². The highest BCUT2D eigenvalue weighted by Crippen LogP contribution is 2.30. The molecule has 0 fully saturated rings. The van der Waals surface area contributed by atoms with Crippen LogP contribution in [0.5, 0.6) is 11.5 Å². The van der Waals surface area contributed by atoms with Gasteiger partial charge in [-0.05, 0) is 33.3 Å². The van der Waals surface area contributed by atoms with Gasteiger partial charge < -0.3 is 30.2 Å². The van der Waals surface area contributed by atoms with E-state index in [0.29, 0.717) is 35.1 Å². The number of hydrogen-bond acceptors (Lipinski definition) is 8. The molecule has 0 aliphatic carbocycles. The van der Waals surface area contributed by atoms with Crippen LogP contribution >= 0.6 is 0 Å². The number of fused-ring (bicyclic) bond motifs is 1. The Labute approximate surface area is 188 Å². The van der Waals surface area contributed by atoms with Gasteiger partial charge in [-0.2, -0.15) is 9.97 Å². The molecule has 9 heteroatoms. The number of rotatable bonds is 11. The van der Waals surface area contributed by atoms with Crippen LogP contribution in [0, 0.1) is 0 Å². The van der Waals surface area contributed by atoms with Gasteiger partial charge in [-0.25, -0.2) is 4.98 Å². The van der Waals surface area contributed by atoms with Crippen molar-refractivity contribution >= 4 is 22.9 Å². The van der Waals surface area contributed by atoms with E-state index in [1.54, 1.807) is 26.2 Å². The summed E-state index contributed by atoms with van der Waals surface area (Å²) in [6.45, 7) is 8.68. The first kappa shape index (κ1) is 23.6. The number of unbranched alkanes of at least 4 members (excludes halogenated alkanes) is 2. The van der Waals surface area contributed by atoms with E-state index >= 15 is 0 Å². The molecule has 1 unspecified atom stereocenters. The van der Waals surface area contributed by atoms with E-state index in [9.17, 15) is 10.2 Å². The summed E-state index contributed by atoms with van der Waals surface area (Å²) >= 11 is 0. The van der Waals surface area contributed by atoms with Gasteiger partial charge >= 0.3 is 0 Å². The molecule has 0 amide bonds. The second kappa shape index (κ2) is 10.0. The number of nitrogens with zero attached hydrogens (tertiary/aromatic N) is 4. The van der Waals surface area contributed by atoms with Crippen LogP contribution in [0.15, 0.2) is 24.5 Å². The predicted molar refractivity (Wildman–Crippen MR) is 126 cm³/mol. The minimum atomic E-state index is -0.945. The number of imidazole rings is 1. The number of nitrogens with one attached hydrogen (secondary N) is 2.